The van der Waals surface area contributed by atoms with E-state index in [9.17, 15) is 14.4 Å². The summed E-state index contributed by atoms with van der Waals surface area (Å²) in [6.45, 7) is -0.443. The van der Waals surface area contributed by atoms with Gasteiger partial charge in [0.1, 0.15) is 6.54 Å². The minimum absolute atomic E-state index is 0.112. The summed E-state index contributed by atoms with van der Waals surface area (Å²) in [4.78, 5) is 41.3. The van der Waals surface area contributed by atoms with Gasteiger partial charge in [-0.25, -0.2) is 4.99 Å². The maximum Gasteiger partial charge on any atom is 0.322 e. The summed E-state index contributed by atoms with van der Waals surface area (Å²) in [7, 11) is 0. The largest absolute Gasteiger partial charge is 0.480 e. The van der Waals surface area contributed by atoms with Gasteiger partial charge >= 0.3 is 5.97 Å². The van der Waals surface area contributed by atoms with Crippen molar-refractivity contribution in [3.8, 4) is 0 Å². The second kappa shape index (κ2) is 8.46. The van der Waals surface area contributed by atoms with E-state index in [2.05, 4.69) is 10.3 Å². The summed E-state index contributed by atoms with van der Waals surface area (Å²) in [6, 6.07) is 15.7. The summed E-state index contributed by atoms with van der Waals surface area (Å²) >= 11 is 8.13. The zero-order chi connectivity index (χ0) is 21.3. The Kier molecular flexibility index (Phi) is 5.75. The first-order valence-corrected chi connectivity index (χ1v) is 10.8. The molecule has 30 heavy (non-hydrogen) atoms. The normalized spacial score (nSPS) is 19.3. The molecule has 2 aliphatic rings. The number of carbonyl (C=O) groups is 3. The Bertz CT molecular complexity index is 1030. The number of nitrogens with zero attached hydrogens (tertiary/aromatic N) is 3. The maximum absolute atomic E-state index is 12.8. The molecule has 2 fully saturated rings. The number of rotatable bonds is 5. The molecule has 2 amide bonds. The highest BCUT2D eigenvalue weighted by Crippen LogP contribution is 2.45. The van der Waals surface area contributed by atoms with Crippen molar-refractivity contribution in [3.05, 3.63) is 60.2 Å². The lowest BCUT2D eigenvalue weighted by atomic mass is 10.2. The van der Waals surface area contributed by atoms with Gasteiger partial charge in [-0.05, 0) is 48.6 Å². The van der Waals surface area contributed by atoms with E-state index < -0.39 is 23.8 Å². The van der Waals surface area contributed by atoms with Gasteiger partial charge in [0.2, 0.25) is 0 Å². The number of aliphatic imine (C=N–C) groups is 1. The molecule has 1 unspecified atom stereocenters. The lowest BCUT2D eigenvalue weighted by Gasteiger charge is -2.17. The van der Waals surface area contributed by atoms with Gasteiger partial charge < -0.3 is 10.4 Å². The molecule has 0 saturated carbocycles. The van der Waals surface area contributed by atoms with Crippen molar-refractivity contribution in [2.24, 2.45) is 4.99 Å². The van der Waals surface area contributed by atoms with Crippen LogP contribution in [0.25, 0.3) is 0 Å². The fourth-order valence-electron chi connectivity index (χ4n) is 2.80. The SMILES string of the molecule is O=C(O)CNC(=O)c1ccc(N=C2SC3C(=O)N(c4ccccc4)C(=S)N3S2)cc1. The number of carbonyl (C=O) groups excluding carboxylic acids is 2. The van der Waals surface area contributed by atoms with Crippen molar-refractivity contribution >= 4 is 74.6 Å². The molecule has 2 N–H and O–H groups in total. The fraction of sp³-hybridized carbons (Fsp3) is 0.105. The van der Waals surface area contributed by atoms with Crippen LogP contribution in [0.1, 0.15) is 10.4 Å². The predicted octanol–water partition coefficient (Wildman–Crippen LogP) is 2.84. The second-order valence-corrected chi connectivity index (χ2v) is 8.84. The van der Waals surface area contributed by atoms with Crippen molar-refractivity contribution in [1.82, 2.24) is 9.62 Å². The summed E-state index contributed by atoms with van der Waals surface area (Å²) in [6.07, 6.45) is 0. The molecule has 0 aliphatic carbocycles. The van der Waals surface area contributed by atoms with Crippen LogP contribution in [0.15, 0.2) is 59.6 Å². The zero-order valence-corrected chi connectivity index (χ0v) is 17.7. The first-order valence-electron chi connectivity index (χ1n) is 8.69. The number of hydrogen-bond acceptors (Lipinski definition) is 7. The molecule has 0 bridgehead atoms. The Morgan fingerprint density at radius 1 is 1.13 bits per heavy atom. The molecule has 2 aliphatic heterocycles. The van der Waals surface area contributed by atoms with E-state index in [0.717, 1.165) is 5.69 Å². The van der Waals surface area contributed by atoms with Gasteiger partial charge in [-0.3, -0.25) is 23.6 Å². The van der Waals surface area contributed by atoms with Crippen LogP contribution in [0.3, 0.4) is 0 Å². The third-order valence-corrected chi connectivity index (χ3v) is 7.07. The summed E-state index contributed by atoms with van der Waals surface area (Å²) in [5.74, 6) is -1.70. The highest BCUT2D eigenvalue weighted by atomic mass is 32.2. The molecule has 0 radical (unpaired) electrons. The Morgan fingerprint density at radius 3 is 2.47 bits per heavy atom. The zero-order valence-electron chi connectivity index (χ0n) is 15.2. The molecule has 0 aromatic heterocycles. The third-order valence-electron chi connectivity index (χ3n) is 4.18. The number of thiocarbonyl (C=S) groups is 1. The minimum atomic E-state index is -1.11. The Hall–Kier alpha value is -2.89. The Labute approximate surface area is 185 Å². The topological polar surface area (TPSA) is 102 Å². The number of aliphatic carboxylic acids is 1. The van der Waals surface area contributed by atoms with E-state index in [1.807, 2.05) is 30.3 Å². The molecule has 152 valence electrons. The lowest BCUT2D eigenvalue weighted by Crippen LogP contribution is -2.31. The van der Waals surface area contributed by atoms with Gasteiger partial charge in [0.15, 0.2) is 14.9 Å². The number of amides is 2. The van der Waals surface area contributed by atoms with Crippen molar-refractivity contribution in [2.45, 2.75) is 5.37 Å². The van der Waals surface area contributed by atoms with Crippen LogP contribution in [0, 0.1) is 0 Å². The van der Waals surface area contributed by atoms with Crippen LogP contribution in [-0.2, 0) is 9.59 Å². The first kappa shape index (κ1) is 20.4. The number of hydrogen-bond donors (Lipinski definition) is 2. The van der Waals surface area contributed by atoms with Gasteiger partial charge in [0.05, 0.1) is 11.4 Å². The summed E-state index contributed by atoms with van der Waals surface area (Å²) in [5.41, 5.74) is 1.68. The quantitative estimate of drug-likeness (QED) is 0.521. The average Bonchev–Trinajstić information content (AvgIpc) is 3.26. The molecule has 0 spiro atoms. The van der Waals surface area contributed by atoms with Crippen molar-refractivity contribution in [1.29, 1.82) is 0 Å². The number of carboxylic acids is 1. The standard InChI is InChI=1S/C19H14N4O4S3/c24-14(25)10-20-15(26)11-6-8-12(9-7-11)21-18-29-17-16(27)22(19(28)23(17)30-18)13-4-2-1-3-5-13/h1-9,17H,10H2,(H,20,26)(H,24,25). The van der Waals surface area contributed by atoms with Gasteiger partial charge in [0, 0.05) is 17.5 Å². The summed E-state index contributed by atoms with van der Waals surface area (Å²) < 4.78 is 2.44. The smallest absolute Gasteiger partial charge is 0.322 e. The molecule has 2 saturated heterocycles. The van der Waals surface area contributed by atoms with Crippen molar-refractivity contribution < 1.29 is 19.5 Å². The molecular formula is C19H14N4O4S3. The van der Waals surface area contributed by atoms with E-state index in [-0.39, 0.29) is 5.91 Å². The molecule has 2 aromatic carbocycles. The van der Waals surface area contributed by atoms with Crippen LogP contribution in [0.5, 0.6) is 0 Å². The number of fused-ring (bicyclic) bond motifs is 1. The van der Waals surface area contributed by atoms with Crippen LogP contribution in [0.2, 0.25) is 0 Å². The van der Waals surface area contributed by atoms with Crippen LogP contribution >= 0.6 is 35.9 Å². The van der Waals surface area contributed by atoms with E-state index in [1.165, 1.54) is 28.6 Å². The van der Waals surface area contributed by atoms with Gasteiger partial charge in [0.25, 0.3) is 11.8 Å². The minimum Gasteiger partial charge on any atom is -0.480 e. The Morgan fingerprint density at radius 2 is 1.83 bits per heavy atom. The molecule has 4 rings (SSSR count). The number of benzene rings is 2. The van der Waals surface area contributed by atoms with Gasteiger partial charge in [-0.15, -0.1) is 0 Å². The maximum atomic E-state index is 12.8. The summed E-state index contributed by atoms with van der Waals surface area (Å²) in [5, 5.41) is 10.9. The van der Waals surface area contributed by atoms with E-state index >= 15 is 0 Å². The molecule has 2 aromatic rings. The second-order valence-electron chi connectivity index (χ2n) is 6.18. The van der Waals surface area contributed by atoms with E-state index in [1.54, 1.807) is 28.6 Å². The number of anilines is 1. The predicted molar refractivity (Wildman–Crippen MR) is 121 cm³/mol. The van der Waals surface area contributed by atoms with E-state index in [0.29, 0.717) is 20.7 Å². The van der Waals surface area contributed by atoms with Crippen molar-refractivity contribution in [3.63, 3.8) is 0 Å². The van der Waals surface area contributed by atoms with Crippen molar-refractivity contribution in [2.75, 3.05) is 11.4 Å². The molecule has 11 heteroatoms. The van der Waals surface area contributed by atoms with Gasteiger partial charge in [-0.1, -0.05) is 30.0 Å². The van der Waals surface area contributed by atoms with Crippen LogP contribution < -0.4 is 10.2 Å². The monoisotopic (exact) mass is 458 g/mol. The van der Waals surface area contributed by atoms with Crippen LogP contribution in [0.4, 0.5) is 11.4 Å². The average molecular weight is 459 g/mol. The number of thioether (sulfide) groups is 1. The van der Waals surface area contributed by atoms with Crippen LogP contribution in [-0.4, -0.2) is 48.6 Å². The highest BCUT2D eigenvalue weighted by Gasteiger charge is 2.49. The molecule has 1 atom stereocenters. The number of para-hydroxylation sites is 1. The third kappa shape index (κ3) is 4.04. The Balaban J connectivity index is 1.44. The molecular weight excluding hydrogens is 444 g/mol. The number of carboxylic acid groups (broad SMARTS) is 1. The molecule has 8 nitrogen and oxygen atoms in total. The molecule has 2 heterocycles. The van der Waals surface area contributed by atoms with Gasteiger partial charge in [-0.2, -0.15) is 0 Å². The number of nitrogens with one attached hydrogen (secondary N) is 1. The van der Waals surface area contributed by atoms with E-state index in [4.69, 9.17) is 17.3 Å². The highest BCUT2D eigenvalue weighted by molar-refractivity contribution is 8.41. The first-order chi connectivity index (χ1) is 14.4. The fourth-order valence-corrected chi connectivity index (χ4v) is 5.64. The lowest BCUT2D eigenvalue weighted by molar-refractivity contribution is -0.135.